The van der Waals surface area contributed by atoms with Gasteiger partial charge < -0.3 is 9.80 Å². The number of nitrogens with zero attached hydrogens (tertiary/aromatic N) is 2. The van der Waals surface area contributed by atoms with Crippen molar-refractivity contribution in [1.29, 1.82) is 0 Å². The average molecular weight is 339 g/mol. The van der Waals surface area contributed by atoms with Crippen LogP contribution in [-0.2, 0) is 11.2 Å². The van der Waals surface area contributed by atoms with Crippen molar-refractivity contribution < 1.29 is 4.79 Å². The zero-order valence-corrected chi connectivity index (χ0v) is 14.1. The summed E-state index contributed by atoms with van der Waals surface area (Å²) in [6.07, 6.45) is 1.53. The predicted octanol–water partition coefficient (Wildman–Crippen LogP) is 2.79. The first-order valence-corrected chi connectivity index (χ1v) is 7.96. The lowest BCUT2D eigenvalue weighted by molar-refractivity contribution is -0.133. The summed E-state index contributed by atoms with van der Waals surface area (Å²) < 4.78 is 1.01. The van der Waals surface area contributed by atoms with E-state index in [1.54, 1.807) is 0 Å². The van der Waals surface area contributed by atoms with Crippen LogP contribution in [0.3, 0.4) is 0 Å². The van der Waals surface area contributed by atoms with Crippen molar-refractivity contribution in [3.8, 4) is 0 Å². The van der Waals surface area contributed by atoms with Gasteiger partial charge >= 0.3 is 0 Å². The van der Waals surface area contributed by atoms with Gasteiger partial charge in [0, 0.05) is 24.1 Å². The molecule has 1 saturated heterocycles. The first-order chi connectivity index (χ1) is 9.49. The van der Waals surface area contributed by atoms with Crippen molar-refractivity contribution in [3.63, 3.8) is 0 Å². The van der Waals surface area contributed by atoms with Crippen LogP contribution in [0.15, 0.2) is 28.7 Å². The first-order valence-electron chi connectivity index (χ1n) is 7.16. The minimum Gasteiger partial charge on any atom is -0.342 e. The van der Waals surface area contributed by atoms with Crippen molar-refractivity contribution in [3.05, 3.63) is 34.3 Å². The maximum Gasteiger partial charge on any atom is 0.227 e. The van der Waals surface area contributed by atoms with Crippen molar-refractivity contribution in [2.75, 3.05) is 27.2 Å². The summed E-state index contributed by atoms with van der Waals surface area (Å²) in [7, 11) is 4.10. The standard InChI is InChI=1S/C16H23BrN2O/c1-12-11-18(2)9-8-15(12)19(3)16(20)10-13-6-4-5-7-14(13)17/h4-7,12,15H,8-11H2,1-3H3/t12-,15-/m1/s1. The van der Waals surface area contributed by atoms with E-state index in [4.69, 9.17) is 0 Å². The second-order valence-corrected chi connectivity index (χ2v) is 6.72. The summed E-state index contributed by atoms with van der Waals surface area (Å²) in [6.45, 7) is 4.38. The van der Waals surface area contributed by atoms with Crippen LogP contribution < -0.4 is 0 Å². The highest BCUT2D eigenvalue weighted by molar-refractivity contribution is 9.10. The number of carbonyl (C=O) groups excluding carboxylic acids is 1. The maximum absolute atomic E-state index is 12.5. The number of carbonyl (C=O) groups is 1. The lowest BCUT2D eigenvalue weighted by atomic mass is 9.92. The molecule has 1 aromatic rings. The summed E-state index contributed by atoms with van der Waals surface area (Å²) in [5.41, 5.74) is 1.06. The Hall–Kier alpha value is -0.870. The topological polar surface area (TPSA) is 23.6 Å². The molecule has 1 amide bonds. The number of piperidine rings is 1. The molecule has 0 aliphatic carbocycles. The number of hydrogen-bond acceptors (Lipinski definition) is 2. The zero-order valence-electron chi connectivity index (χ0n) is 12.5. The fourth-order valence-corrected chi connectivity index (χ4v) is 3.46. The van der Waals surface area contributed by atoms with Crippen LogP contribution >= 0.6 is 15.9 Å². The average Bonchev–Trinajstić information content (AvgIpc) is 2.40. The van der Waals surface area contributed by atoms with Crippen LogP contribution in [-0.4, -0.2) is 48.9 Å². The fraction of sp³-hybridized carbons (Fsp3) is 0.562. The normalized spacial score (nSPS) is 23.6. The Balaban J connectivity index is 2.00. The largest absolute Gasteiger partial charge is 0.342 e. The molecule has 0 N–H and O–H groups in total. The number of hydrogen-bond donors (Lipinski definition) is 0. The number of halogens is 1. The predicted molar refractivity (Wildman–Crippen MR) is 85.7 cm³/mol. The molecule has 2 rings (SSSR count). The Morgan fingerprint density at radius 2 is 2.15 bits per heavy atom. The molecule has 1 aliphatic rings. The van der Waals surface area contributed by atoms with Gasteiger partial charge in [0.1, 0.15) is 0 Å². The second kappa shape index (κ2) is 6.72. The molecule has 1 fully saturated rings. The Morgan fingerprint density at radius 1 is 1.45 bits per heavy atom. The highest BCUT2D eigenvalue weighted by atomic mass is 79.9. The molecule has 0 bridgehead atoms. The second-order valence-electron chi connectivity index (χ2n) is 5.87. The third-order valence-electron chi connectivity index (χ3n) is 4.25. The van der Waals surface area contributed by atoms with Gasteiger partial charge in [-0.15, -0.1) is 0 Å². The van der Waals surface area contributed by atoms with E-state index in [-0.39, 0.29) is 5.91 Å². The molecule has 1 heterocycles. The molecule has 110 valence electrons. The number of benzene rings is 1. The third-order valence-corrected chi connectivity index (χ3v) is 5.03. The van der Waals surface area contributed by atoms with Crippen LogP contribution in [0.2, 0.25) is 0 Å². The molecule has 2 atom stereocenters. The highest BCUT2D eigenvalue weighted by Crippen LogP contribution is 2.22. The smallest absolute Gasteiger partial charge is 0.227 e. The molecule has 20 heavy (non-hydrogen) atoms. The third kappa shape index (κ3) is 3.61. The first kappa shape index (κ1) is 15.5. The number of likely N-dealkylation sites (tertiary alicyclic amines) is 1. The van der Waals surface area contributed by atoms with Gasteiger partial charge in [-0.25, -0.2) is 0 Å². The Labute approximate surface area is 130 Å². The van der Waals surface area contributed by atoms with Crippen molar-refractivity contribution >= 4 is 21.8 Å². The summed E-state index contributed by atoms with van der Waals surface area (Å²) >= 11 is 3.51. The van der Waals surface area contributed by atoms with E-state index in [2.05, 4.69) is 34.8 Å². The van der Waals surface area contributed by atoms with Gasteiger partial charge in [-0.05, 0) is 37.6 Å². The number of rotatable bonds is 3. The quantitative estimate of drug-likeness (QED) is 0.846. The van der Waals surface area contributed by atoms with E-state index in [1.807, 2.05) is 36.2 Å². The van der Waals surface area contributed by atoms with Crippen molar-refractivity contribution in [2.24, 2.45) is 5.92 Å². The van der Waals surface area contributed by atoms with Gasteiger partial charge in [0.05, 0.1) is 6.42 Å². The van der Waals surface area contributed by atoms with E-state index in [1.165, 1.54) is 0 Å². The molecular weight excluding hydrogens is 316 g/mol. The fourth-order valence-electron chi connectivity index (χ4n) is 3.03. The molecule has 0 aromatic heterocycles. The van der Waals surface area contributed by atoms with E-state index in [0.717, 1.165) is 29.5 Å². The van der Waals surface area contributed by atoms with E-state index in [0.29, 0.717) is 18.4 Å². The van der Waals surface area contributed by atoms with Crippen molar-refractivity contribution in [2.45, 2.75) is 25.8 Å². The monoisotopic (exact) mass is 338 g/mol. The van der Waals surface area contributed by atoms with Crippen LogP contribution in [0.1, 0.15) is 18.9 Å². The Bertz CT molecular complexity index is 477. The SMILES string of the molecule is C[C@@H]1CN(C)CC[C@H]1N(C)C(=O)Cc1ccccc1Br. The molecule has 0 radical (unpaired) electrons. The van der Waals surface area contributed by atoms with Gasteiger partial charge in [0.2, 0.25) is 5.91 Å². The van der Waals surface area contributed by atoms with Gasteiger partial charge in [0.25, 0.3) is 0 Å². The van der Waals surface area contributed by atoms with Crippen LogP contribution in [0.4, 0.5) is 0 Å². The molecule has 0 saturated carbocycles. The van der Waals surface area contributed by atoms with Crippen LogP contribution in [0.25, 0.3) is 0 Å². The molecule has 1 aromatic carbocycles. The van der Waals surface area contributed by atoms with Crippen molar-refractivity contribution in [1.82, 2.24) is 9.80 Å². The Morgan fingerprint density at radius 3 is 2.80 bits per heavy atom. The van der Waals surface area contributed by atoms with E-state index in [9.17, 15) is 4.79 Å². The molecular formula is C16H23BrN2O. The summed E-state index contributed by atoms with van der Waals surface area (Å²) in [4.78, 5) is 16.8. The molecule has 3 nitrogen and oxygen atoms in total. The lowest BCUT2D eigenvalue weighted by Crippen LogP contribution is -2.50. The summed E-state index contributed by atoms with van der Waals surface area (Å²) in [6, 6.07) is 8.31. The number of likely N-dealkylation sites (N-methyl/N-ethyl adjacent to an activating group) is 1. The van der Waals surface area contributed by atoms with Crippen LogP contribution in [0, 0.1) is 5.92 Å². The summed E-state index contributed by atoms with van der Waals surface area (Å²) in [5.74, 6) is 0.736. The molecule has 0 spiro atoms. The Kier molecular flexibility index (Phi) is 5.22. The minimum atomic E-state index is 0.207. The maximum atomic E-state index is 12.5. The van der Waals surface area contributed by atoms with Gasteiger partial charge in [0.15, 0.2) is 0 Å². The highest BCUT2D eigenvalue weighted by Gasteiger charge is 2.29. The molecule has 4 heteroatoms. The van der Waals surface area contributed by atoms with Crippen LogP contribution in [0.5, 0.6) is 0 Å². The van der Waals surface area contributed by atoms with E-state index < -0.39 is 0 Å². The van der Waals surface area contributed by atoms with E-state index >= 15 is 0 Å². The molecule has 1 aliphatic heterocycles. The van der Waals surface area contributed by atoms with Gasteiger partial charge in [-0.1, -0.05) is 41.1 Å². The number of amides is 1. The van der Waals surface area contributed by atoms with Gasteiger partial charge in [-0.2, -0.15) is 0 Å². The lowest BCUT2D eigenvalue weighted by Gasteiger charge is -2.40. The minimum absolute atomic E-state index is 0.207. The molecule has 0 unspecified atom stereocenters. The summed E-state index contributed by atoms with van der Waals surface area (Å²) in [5, 5.41) is 0. The zero-order chi connectivity index (χ0) is 14.7. The van der Waals surface area contributed by atoms with Gasteiger partial charge in [-0.3, -0.25) is 4.79 Å².